The number of ether oxygens (including phenoxy) is 1. The van der Waals surface area contributed by atoms with Crippen LogP contribution in [-0.4, -0.2) is 32.3 Å². The quantitative estimate of drug-likeness (QED) is 0.141. The number of aryl methyl sites for hydroxylation is 1. The van der Waals surface area contributed by atoms with Crippen LogP contribution in [0.25, 0.3) is 11.8 Å². The molecule has 0 saturated carbocycles. The highest BCUT2D eigenvalue weighted by Gasteiger charge is 2.33. The van der Waals surface area contributed by atoms with Gasteiger partial charge in [0.2, 0.25) is 0 Å². The summed E-state index contributed by atoms with van der Waals surface area (Å²) in [5.41, 5.74) is 4.53. The van der Waals surface area contributed by atoms with Gasteiger partial charge in [-0.15, -0.1) is 0 Å². The molecule has 1 fully saturated rings. The summed E-state index contributed by atoms with van der Waals surface area (Å²) in [4.78, 5) is 37.3. The first-order valence-corrected chi connectivity index (χ1v) is 11.9. The van der Waals surface area contributed by atoms with Crippen molar-refractivity contribution in [2.45, 2.75) is 20.8 Å². The molecule has 10 heteroatoms. The maximum atomic E-state index is 13.1. The molecule has 0 spiro atoms. The molecule has 1 saturated heterocycles. The summed E-state index contributed by atoms with van der Waals surface area (Å²) in [7, 11) is 0. The summed E-state index contributed by atoms with van der Waals surface area (Å²) in [5, 5.41) is 10.9. The molecule has 0 N–H and O–H groups in total. The highest BCUT2D eigenvalue weighted by atomic mass is 32.2. The second kappa shape index (κ2) is 9.85. The van der Waals surface area contributed by atoms with Crippen LogP contribution in [0.5, 0.6) is 0 Å². The van der Waals surface area contributed by atoms with Gasteiger partial charge in [0.15, 0.2) is 4.32 Å². The number of aromatic nitrogens is 1. The Morgan fingerprint density at radius 3 is 2.34 bits per heavy atom. The fourth-order valence-electron chi connectivity index (χ4n) is 3.85. The zero-order chi connectivity index (χ0) is 25.3. The van der Waals surface area contributed by atoms with Crippen molar-refractivity contribution in [1.29, 1.82) is 0 Å². The summed E-state index contributed by atoms with van der Waals surface area (Å²) in [6, 6.07) is 14.8. The first kappa shape index (κ1) is 24.4. The van der Waals surface area contributed by atoms with E-state index in [0.29, 0.717) is 27.1 Å². The molecular weight excluding hydrogens is 486 g/mol. The van der Waals surface area contributed by atoms with E-state index >= 15 is 0 Å². The van der Waals surface area contributed by atoms with Crippen LogP contribution >= 0.6 is 24.0 Å². The van der Waals surface area contributed by atoms with E-state index < -0.39 is 4.92 Å². The van der Waals surface area contributed by atoms with E-state index in [4.69, 9.17) is 17.0 Å². The Morgan fingerprint density at radius 2 is 1.74 bits per heavy atom. The third kappa shape index (κ3) is 4.75. The van der Waals surface area contributed by atoms with Gasteiger partial charge >= 0.3 is 5.97 Å². The number of nitro groups is 1. The Bertz CT molecular complexity index is 1380. The molecule has 3 aromatic rings. The number of carbonyl (C=O) groups is 2. The first-order chi connectivity index (χ1) is 16.7. The average Bonchev–Trinajstić information content (AvgIpc) is 3.27. The largest absolute Gasteiger partial charge is 0.462 e. The number of nitro benzene ring substituents is 1. The predicted octanol–water partition coefficient (Wildman–Crippen LogP) is 5.58. The maximum Gasteiger partial charge on any atom is 0.338 e. The minimum atomic E-state index is -0.492. The Morgan fingerprint density at radius 1 is 1.11 bits per heavy atom. The first-order valence-electron chi connectivity index (χ1n) is 10.7. The van der Waals surface area contributed by atoms with E-state index in [1.165, 1.54) is 40.9 Å². The molecule has 1 aromatic heterocycles. The van der Waals surface area contributed by atoms with Crippen LogP contribution < -0.4 is 4.90 Å². The van der Waals surface area contributed by atoms with Gasteiger partial charge in [0.25, 0.3) is 11.6 Å². The lowest BCUT2D eigenvalue weighted by Crippen LogP contribution is -2.27. The highest BCUT2D eigenvalue weighted by Crippen LogP contribution is 2.37. The molecule has 1 amide bonds. The van der Waals surface area contributed by atoms with Crippen molar-refractivity contribution in [2.75, 3.05) is 11.5 Å². The van der Waals surface area contributed by atoms with E-state index in [2.05, 4.69) is 0 Å². The summed E-state index contributed by atoms with van der Waals surface area (Å²) >= 11 is 6.61. The predicted molar refractivity (Wildman–Crippen MR) is 140 cm³/mol. The zero-order valence-corrected chi connectivity index (χ0v) is 20.8. The van der Waals surface area contributed by atoms with E-state index in [0.717, 1.165) is 22.6 Å². The van der Waals surface area contributed by atoms with Crippen LogP contribution in [0, 0.1) is 24.0 Å². The summed E-state index contributed by atoms with van der Waals surface area (Å²) in [5.74, 6) is -0.645. The average molecular weight is 508 g/mol. The zero-order valence-electron chi connectivity index (χ0n) is 19.2. The maximum absolute atomic E-state index is 13.1. The Balaban J connectivity index is 1.61. The molecule has 0 radical (unpaired) electrons. The van der Waals surface area contributed by atoms with E-state index in [-0.39, 0.29) is 17.6 Å². The van der Waals surface area contributed by atoms with E-state index in [9.17, 15) is 19.7 Å². The fourth-order valence-corrected chi connectivity index (χ4v) is 5.14. The van der Waals surface area contributed by atoms with E-state index in [1.54, 1.807) is 25.1 Å². The van der Waals surface area contributed by atoms with Crippen LogP contribution in [0.4, 0.5) is 11.4 Å². The molecule has 2 aromatic carbocycles. The lowest BCUT2D eigenvalue weighted by molar-refractivity contribution is -0.384. The summed E-state index contributed by atoms with van der Waals surface area (Å²) < 4.78 is 7.44. The minimum Gasteiger partial charge on any atom is -0.462 e. The Labute approximate surface area is 211 Å². The van der Waals surface area contributed by atoms with Gasteiger partial charge in [0.1, 0.15) is 0 Å². The molecule has 0 atom stereocenters. The number of non-ortho nitro benzene ring substituents is 1. The van der Waals surface area contributed by atoms with Gasteiger partial charge in [-0.2, -0.15) is 0 Å². The van der Waals surface area contributed by atoms with Gasteiger partial charge in [-0.3, -0.25) is 19.8 Å². The van der Waals surface area contributed by atoms with Crippen LogP contribution in [0.15, 0.2) is 59.5 Å². The van der Waals surface area contributed by atoms with Gasteiger partial charge in [0, 0.05) is 29.2 Å². The number of hydrogen-bond donors (Lipinski definition) is 0. The van der Waals surface area contributed by atoms with Gasteiger partial charge in [-0.1, -0.05) is 24.0 Å². The van der Waals surface area contributed by atoms with Crippen molar-refractivity contribution in [3.63, 3.8) is 0 Å². The number of nitrogens with zero attached hydrogens (tertiary/aromatic N) is 3. The van der Waals surface area contributed by atoms with Crippen molar-refractivity contribution in [2.24, 2.45) is 0 Å². The minimum absolute atomic E-state index is 0.0579. The number of carbonyl (C=O) groups excluding carboxylic acids is 2. The fraction of sp³-hybridized carbons (Fsp3) is 0.160. The van der Waals surface area contributed by atoms with Crippen LogP contribution in [0.1, 0.15) is 34.2 Å². The molecule has 178 valence electrons. The molecule has 1 aliphatic rings. The lowest BCUT2D eigenvalue weighted by Gasteiger charge is -2.14. The third-order valence-electron chi connectivity index (χ3n) is 5.51. The number of thioether (sulfide) groups is 1. The number of esters is 1. The van der Waals surface area contributed by atoms with Crippen molar-refractivity contribution in [3.8, 4) is 5.69 Å². The standard InChI is InChI=1S/C25H21N3O5S2/c1-4-33-24(30)17-5-7-19(8-6-17)26-15(2)13-18(16(26)3)14-22-23(29)27(25(34)35-22)20-9-11-21(12-10-20)28(31)32/h5-14H,4H2,1-3H3/b22-14+. The molecule has 4 rings (SSSR count). The van der Waals surface area contributed by atoms with Gasteiger partial charge in [-0.05, 0) is 74.9 Å². The number of amides is 1. The van der Waals surface area contributed by atoms with Gasteiger partial charge in [-0.25, -0.2) is 4.79 Å². The number of anilines is 1. The molecule has 1 aliphatic heterocycles. The molecule has 0 bridgehead atoms. The van der Waals surface area contributed by atoms with Crippen molar-refractivity contribution >= 4 is 57.6 Å². The molecule has 0 unspecified atom stereocenters. The van der Waals surface area contributed by atoms with Crippen LogP contribution in [0.2, 0.25) is 0 Å². The smallest absolute Gasteiger partial charge is 0.338 e. The number of benzene rings is 2. The van der Waals surface area contributed by atoms with Crippen molar-refractivity contribution in [1.82, 2.24) is 4.57 Å². The lowest BCUT2D eigenvalue weighted by atomic mass is 10.2. The SMILES string of the molecule is CCOC(=O)c1ccc(-n2c(C)cc(/C=C3/SC(=S)N(c4ccc([N+](=O)[O-])cc4)C3=O)c2C)cc1. The topological polar surface area (TPSA) is 94.7 Å². The van der Waals surface area contributed by atoms with Crippen LogP contribution in [0.3, 0.4) is 0 Å². The normalized spacial score (nSPS) is 14.6. The number of hydrogen-bond acceptors (Lipinski definition) is 7. The van der Waals surface area contributed by atoms with Crippen LogP contribution in [-0.2, 0) is 9.53 Å². The summed E-state index contributed by atoms with van der Waals surface area (Å²) in [6.07, 6.45) is 1.80. The third-order valence-corrected chi connectivity index (χ3v) is 6.81. The Kier molecular flexibility index (Phi) is 6.86. The van der Waals surface area contributed by atoms with Gasteiger partial charge < -0.3 is 9.30 Å². The molecule has 8 nitrogen and oxygen atoms in total. The second-order valence-corrected chi connectivity index (χ2v) is 9.40. The molecule has 2 heterocycles. The van der Waals surface area contributed by atoms with Crippen molar-refractivity contribution < 1.29 is 19.2 Å². The molecule has 0 aliphatic carbocycles. The summed E-state index contributed by atoms with van der Waals surface area (Å²) in [6.45, 7) is 6.00. The highest BCUT2D eigenvalue weighted by molar-refractivity contribution is 8.27. The van der Waals surface area contributed by atoms with Gasteiger partial charge in [0.05, 0.1) is 27.7 Å². The Hall–Kier alpha value is -3.76. The van der Waals surface area contributed by atoms with Crippen molar-refractivity contribution in [3.05, 3.63) is 92.1 Å². The number of thiocarbonyl (C=S) groups is 1. The monoisotopic (exact) mass is 507 g/mol. The number of rotatable bonds is 6. The molecular formula is C25H21N3O5S2. The molecule has 35 heavy (non-hydrogen) atoms. The van der Waals surface area contributed by atoms with E-state index in [1.807, 2.05) is 36.6 Å². The second-order valence-electron chi connectivity index (χ2n) is 7.72.